The van der Waals surface area contributed by atoms with E-state index in [1.165, 1.54) is 12.1 Å². The van der Waals surface area contributed by atoms with Gasteiger partial charge in [0.15, 0.2) is 5.58 Å². The molecule has 0 saturated carbocycles. The molecule has 0 atom stereocenters. The molecule has 15 heavy (non-hydrogen) atoms. The topological polar surface area (TPSA) is 75.4 Å². The minimum Gasteiger partial charge on any atom is -0.478 e. The number of fused-ring (bicyclic) bond motifs is 1. The maximum atomic E-state index is 10.7. The summed E-state index contributed by atoms with van der Waals surface area (Å²) in [6.07, 6.45) is 0. The Morgan fingerprint density at radius 1 is 1.60 bits per heavy atom. The van der Waals surface area contributed by atoms with Gasteiger partial charge in [-0.2, -0.15) is 4.98 Å². The molecule has 2 aromatic rings. The number of hydrogen-bond donors (Lipinski definition) is 2. The minimum absolute atomic E-state index is 0.207. The van der Waals surface area contributed by atoms with Crippen LogP contribution < -0.4 is 5.32 Å². The van der Waals surface area contributed by atoms with Crippen molar-refractivity contribution in [1.82, 2.24) is 4.98 Å². The lowest BCUT2D eigenvalue weighted by Crippen LogP contribution is -1.96. The van der Waals surface area contributed by atoms with Crippen molar-refractivity contribution >= 4 is 23.1 Å². The molecule has 0 amide bonds. The van der Waals surface area contributed by atoms with Gasteiger partial charge in [-0.15, -0.1) is 0 Å². The summed E-state index contributed by atoms with van der Waals surface area (Å²) >= 11 is 0. The molecule has 2 rings (SSSR count). The predicted molar refractivity (Wildman–Crippen MR) is 55.1 cm³/mol. The number of nitrogens with one attached hydrogen (secondary N) is 1. The highest BCUT2D eigenvalue weighted by Crippen LogP contribution is 2.19. The van der Waals surface area contributed by atoms with Crippen LogP contribution >= 0.6 is 0 Å². The molecule has 0 unspecified atom stereocenters. The molecular weight excluding hydrogens is 196 g/mol. The summed E-state index contributed by atoms with van der Waals surface area (Å²) in [5.74, 6) is -0.968. The van der Waals surface area contributed by atoms with Crippen LogP contribution in [-0.2, 0) is 0 Å². The lowest BCUT2D eigenvalue weighted by Gasteiger charge is -1.91. The third-order valence-electron chi connectivity index (χ3n) is 1.96. The van der Waals surface area contributed by atoms with Crippen molar-refractivity contribution in [2.75, 3.05) is 11.9 Å². The second kappa shape index (κ2) is 3.61. The lowest BCUT2D eigenvalue weighted by atomic mass is 10.2. The average molecular weight is 206 g/mol. The van der Waals surface area contributed by atoms with Gasteiger partial charge in [-0.3, -0.25) is 0 Å². The Kier molecular flexibility index (Phi) is 2.29. The fraction of sp³-hybridized carbons (Fsp3) is 0.200. The lowest BCUT2D eigenvalue weighted by molar-refractivity contribution is 0.0697. The Hall–Kier alpha value is -2.04. The van der Waals surface area contributed by atoms with Crippen LogP contribution in [0.5, 0.6) is 0 Å². The van der Waals surface area contributed by atoms with E-state index in [9.17, 15) is 4.79 Å². The number of nitrogens with zero attached hydrogens (tertiary/aromatic N) is 1. The number of carboxylic acid groups (broad SMARTS) is 1. The molecule has 5 heteroatoms. The van der Waals surface area contributed by atoms with E-state index in [4.69, 9.17) is 9.52 Å². The monoisotopic (exact) mass is 206 g/mol. The summed E-state index contributed by atoms with van der Waals surface area (Å²) in [6.45, 7) is 2.64. The molecule has 0 aliphatic carbocycles. The molecule has 0 radical (unpaired) electrons. The maximum absolute atomic E-state index is 10.7. The van der Waals surface area contributed by atoms with E-state index in [1.807, 2.05) is 6.92 Å². The third kappa shape index (κ3) is 1.76. The molecule has 0 fully saturated rings. The van der Waals surface area contributed by atoms with Gasteiger partial charge < -0.3 is 14.8 Å². The standard InChI is InChI=1S/C10H10N2O3/c1-2-11-10-12-7-5-6(9(13)14)3-4-8(7)15-10/h3-5H,2H2,1H3,(H,11,12)(H,13,14). The van der Waals surface area contributed by atoms with Crippen LogP contribution in [0.25, 0.3) is 11.1 Å². The first-order chi connectivity index (χ1) is 7.20. The van der Waals surface area contributed by atoms with Crippen molar-refractivity contribution in [2.45, 2.75) is 6.92 Å². The van der Waals surface area contributed by atoms with Crippen LogP contribution in [0.2, 0.25) is 0 Å². The second-order valence-electron chi connectivity index (χ2n) is 3.04. The predicted octanol–water partition coefficient (Wildman–Crippen LogP) is 1.96. The molecule has 2 N–H and O–H groups in total. The quantitative estimate of drug-likeness (QED) is 0.802. The number of aromatic nitrogens is 1. The highest BCUT2D eigenvalue weighted by molar-refractivity contribution is 5.92. The summed E-state index contributed by atoms with van der Waals surface area (Å²) in [6, 6.07) is 5.00. The number of oxazole rings is 1. The van der Waals surface area contributed by atoms with E-state index in [1.54, 1.807) is 6.07 Å². The van der Waals surface area contributed by atoms with Crippen molar-refractivity contribution in [3.05, 3.63) is 23.8 Å². The first-order valence-electron chi connectivity index (χ1n) is 4.58. The van der Waals surface area contributed by atoms with Gasteiger partial charge in [0.25, 0.3) is 6.01 Å². The van der Waals surface area contributed by atoms with Gasteiger partial charge in [-0.1, -0.05) is 0 Å². The number of carbonyl (C=O) groups is 1. The van der Waals surface area contributed by atoms with E-state index in [0.717, 1.165) is 0 Å². The highest BCUT2D eigenvalue weighted by atomic mass is 16.4. The minimum atomic E-state index is -0.968. The zero-order valence-electron chi connectivity index (χ0n) is 8.15. The smallest absolute Gasteiger partial charge is 0.335 e. The zero-order valence-corrected chi connectivity index (χ0v) is 8.15. The van der Waals surface area contributed by atoms with E-state index in [2.05, 4.69) is 10.3 Å². The number of hydrogen-bond acceptors (Lipinski definition) is 4. The van der Waals surface area contributed by atoms with Gasteiger partial charge in [0.1, 0.15) is 5.52 Å². The summed E-state index contributed by atoms with van der Waals surface area (Å²) in [5, 5.41) is 11.7. The first kappa shape index (κ1) is 9.51. The van der Waals surface area contributed by atoms with Crippen LogP contribution in [0.1, 0.15) is 17.3 Å². The highest BCUT2D eigenvalue weighted by Gasteiger charge is 2.08. The fourth-order valence-corrected chi connectivity index (χ4v) is 1.29. The molecule has 1 aromatic carbocycles. The molecular formula is C10H10N2O3. The Balaban J connectivity index is 2.47. The van der Waals surface area contributed by atoms with Gasteiger partial charge in [-0.25, -0.2) is 4.79 Å². The Labute approximate surface area is 85.7 Å². The molecule has 78 valence electrons. The Bertz CT molecular complexity index is 504. The number of carboxylic acids is 1. The Morgan fingerprint density at radius 3 is 3.07 bits per heavy atom. The second-order valence-corrected chi connectivity index (χ2v) is 3.04. The van der Waals surface area contributed by atoms with Crippen LogP contribution in [0.3, 0.4) is 0 Å². The molecule has 0 saturated heterocycles. The third-order valence-corrected chi connectivity index (χ3v) is 1.96. The number of anilines is 1. The number of benzene rings is 1. The zero-order chi connectivity index (χ0) is 10.8. The normalized spacial score (nSPS) is 10.5. The number of aromatic carboxylic acids is 1. The summed E-state index contributed by atoms with van der Waals surface area (Å²) < 4.78 is 5.33. The molecule has 0 aliphatic rings. The van der Waals surface area contributed by atoms with Crippen LogP contribution in [0.15, 0.2) is 22.6 Å². The fourth-order valence-electron chi connectivity index (χ4n) is 1.29. The average Bonchev–Trinajstić information content (AvgIpc) is 2.59. The maximum Gasteiger partial charge on any atom is 0.335 e. The van der Waals surface area contributed by atoms with Crippen molar-refractivity contribution < 1.29 is 14.3 Å². The van der Waals surface area contributed by atoms with Crippen molar-refractivity contribution in [3.63, 3.8) is 0 Å². The van der Waals surface area contributed by atoms with Crippen molar-refractivity contribution in [3.8, 4) is 0 Å². The van der Waals surface area contributed by atoms with Gasteiger partial charge in [0.2, 0.25) is 0 Å². The Morgan fingerprint density at radius 2 is 2.40 bits per heavy atom. The van der Waals surface area contributed by atoms with Gasteiger partial charge in [0.05, 0.1) is 5.56 Å². The van der Waals surface area contributed by atoms with E-state index in [0.29, 0.717) is 23.7 Å². The van der Waals surface area contributed by atoms with Crippen LogP contribution in [-0.4, -0.2) is 22.6 Å². The molecule has 1 heterocycles. The van der Waals surface area contributed by atoms with E-state index in [-0.39, 0.29) is 5.56 Å². The molecule has 5 nitrogen and oxygen atoms in total. The summed E-state index contributed by atoms with van der Waals surface area (Å²) in [4.78, 5) is 14.8. The molecule has 0 aliphatic heterocycles. The summed E-state index contributed by atoms with van der Waals surface area (Å²) in [7, 11) is 0. The van der Waals surface area contributed by atoms with Crippen LogP contribution in [0.4, 0.5) is 6.01 Å². The van der Waals surface area contributed by atoms with E-state index >= 15 is 0 Å². The van der Waals surface area contributed by atoms with Gasteiger partial charge >= 0.3 is 5.97 Å². The SMILES string of the molecule is CCNc1nc2cc(C(=O)O)ccc2o1. The van der Waals surface area contributed by atoms with Gasteiger partial charge in [-0.05, 0) is 25.1 Å². The van der Waals surface area contributed by atoms with E-state index < -0.39 is 5.97 Å². The van der Waals surface area contributed by atoms with Crippen molar-refractivity contribution in [1.29, 1.82) is 0 Å². The summed E-state index contributed by atoms with van der Waals surface area (Å²) in [5.41, 5.74) is 1.33. The van der Waals surface area contributed by atoms with Crippen molar-refractivity contribution in [2.24, 2.45) is 0 Å². The van der Waals surface area contributed by atoms with Gasteiger partial charge in [0, 0.05) is 6.54 Å². The molecule has 1 aromatic heterocycles. The molecule has 0 spiro atoms. The first-order valence-corrected chi connectivity index (χ1v) is 4.58. The largest absolute Gasteiger partial charge is 0.478 e. The number of rotatable bonds is 3. The van der Waals surface area contributed by atoms with Crippen LogP contribution in [0, 0.1) is 0 Å². The molecule has 0 bridgehead atoms.